The van der Waals surface area contributed by atoms with Crippen LogP contribution in [-0.4, -0.2) is 22.2 Å². The van der Waals surface area contributed by atoms with E-state index in [1.807, 2.05) is 42.9 Å². The smallest absolute Gasteiger partial charge is 0.259 e. The molecule has 25 heavy (non-hydrogen) atoms. The number of aryl methyl sites for hydroxylation is 1. The first-order valence-electron chi connectivity index (χ1n) is 8.18. The lowest BCUT2D eigenvalue weighted by Gasteiger charge is -2.16. The summed E-state index contributed by atoms with van der Waals surface area (Å²) in [5, 5.41) is 4.27. The quantitative estimate of drug-likeness (QED) is 0.713. The molecule has 3 aromatic rings. The van der Waals surface area contributed by atoms with E-state index in [4.69, 9.17) is 11.5 Å². The molecular weight excluding hydrogens is 332 g/mol. The van der Waals surface area contributed by atoms with Gasteiger partial charge in [0.05, 0.1) is 10.6 Å². The van der Waals surface area contributed by atoms with Crippen molar-refractivity contribution in [3.05, 3.63) is 63.5 Å². The Morgan fingerprint density at radius 3 is 2.56 bits per heavy atom. The Labute approximate surface area is 151 Å². The number of primary amides is 1. The zero-order valence-electron chi connectivity index (χ0n) is 14.4. The van der Waals surface area contributed by atoms with Crippen molar-refractivity contribution >= 4 is 17.2 Å². The molecule has 6 heteroatoms. The Morgan fingerprint density at radius 2 is 2.00 bits per heavy atom. The van der Waals surface area contributed by atoms with E-state index in [-0.39, 0.29) is 5.92 Å². The van der Waals surface area contributed by atoms with Gasteiger partial charge in [-0.3, -0.25) is 9.48 Å². The standard InChI is InChI=1S/C19H22N4OS/c1-12-16(15-8-9-22-23(15)2)18(25-17(12)19(21)24)14(11-20)10-13-6-4-3-5-7-13/h3-9,14H,10-11,20H2,1-2H3,(H2,21,24). The lowest BCUT2D eigenvalue weighted by Crippen LogP contribution is -2.15. The molecule has 0 fully saturated rings. The summed E-state index contributed by atoms with van der Waals surface area (Å²) in [4.78, 5) is 13.6. The van der Waals surface area contributed by atoms with Gasteiger partial charge in [-0.05, 0) is 30.5 Å². The molecular formula is C19H22N4OS. The number of thiophene rings is 1. The molecule has 2 aromatic heterocycles. The van der Waals surface area contributed by atoms with E-state index < -0.39 is 5.91 Å². The highest BCUT2D eigenvalue weighted by Crippen LogP contribution is 2.41. The highest BCUT2D eigenvalue weighted by atomic mass is 32.1. The van der Waals surface area contributed by atoms with Crippen LogP contribution >= 0.6 is 11.3 Å². The summed E-state index contributed by atoms with van der Waals surface area (Å²) >= 11 is 1.46. The van der Waals surface area contributed by atoms with Crippen LogP contribution in [0.25, 0.3) is 11.3 Å². The summed E-state index contributed by atoms with van der Waals surface area (Å²) in [5.41, 5.74) is 15.9. The minimum atomic E-state index is -0.396. The fraction of sp³-hybridized carbons (Fsp3) is 0.263. The minimum absolute atomic E-state index is 0.115. The molecule has 0 aliphatic heterocycles. The van der Waals surface area contributed by atoms with Crippen molar-refractivity contribution in [1.82, 2.24) is 9.78 Å². The van der Waals surface area contributed by atoms with Gasteiger partial charge in [-0.1, -0.05) is 30.3 Å². The fourth-order valence-electron chi connectivity index (χ4n) is 3.18. The molecule has 0 aliphatic rings. The normalized spacial score (nSPS) is 12.3. The Kier molecular flexibility index (Phi) is 5.01. The van der Waals surface area contributed by atoms with Gasteiger partial charge in [0.15, 0.2) is 0 Å². The second-order valence-corrected chi connectivity index (χ2v) is 7.17. The number of hydrogen-bond donors (Lipinski definition) is 2. The van der Waals surface area contributed by atoms with Crippen molar-refractivity contribution in [2.24, 2.45) is 18.5 Å². The van der Waals surface area contributed by atoms with E-state index in [1.165, 1.54) is 16.9 Å². The summed E-state index contributed by atoms with van der Waals surface area (Å²) in [6.45, 7) is 2.44. The van der Waals surface area contributed by atoms with Crippen LogP contribution in [0.15, 0.2) is 42.6 Å². The zero-order valence-corrected chi connectivity index (χ0v) is 15.2. The molecule has 0 bridgehead atoms. The molecule has 1 unspecified atom stereocenters. The molecule has 130 valence electrons. The number of benzene rings is 1. The minimum Gasteiger partial charge on any atom is -0.365 e. The monoisotopic (exact) mass is 354 g/mol. The third-order valence-corrected chi connectivity index (χ3v) is 5.92. The molecule has 4 N–H and O–H groups in total. The summed E-state index contributed by atoms with van der Waals surface area (Å²) < 4.78 is 1.82. The highest BCUT2D eigenvalue weighted by Gasteiger charge is 2.26. The molecule has 0 spiro atoms. The second-order valence-electron chi connectivity index (χ2n) is 6.12. The first-order valence-corrected chi connectivity index (χ1v) is 9.00. The van der Waals surface area contributed by atoms with Crippen LogP contribution in [0.5, 0.6) is 0 Å². The van der Waals surface area contributed by atoms with E-state index in [0.29, 0.717) is 11.4 Å². The molecule has 0 saturated heterocycles. The van der Waals surface area contributed by atoms with Gasteiger partial charge in [0.2, 0.25) is 0 Å². The largest absolute Gasteiger partial charge is 0.365 e. The van der Waals surface area contributed by atoms with Crippen LogP contribution in [0.1, 0.15) is 31.6 Å². The van der Waals surface area contributed by atoms with Gasteiger partial charge in [0.25, 0.3) is 5.91 Å². The number of amides is 1. The topological polar surface area (TPSA) is 86.9 Å². The number of carbonyl (C=O) groups excluding carboxylic acids is 1. The number of nitrogens with two attached hydrogens (primary N) is 2. The molecule has 1 amide bonds. The van der Waals surface area contributed by atoms with Crippen LogP contribution in [0.4, 0.5) is 0 Å². The van der Waals surface area contributed by atoms with Gasteiger partial charge >= 0.3 is 0 Å². The van der Waals surface area contributed by atoms with Crippen LogP contribution < -0.4 is 11.5 Å². The molecule has 0 saturated carbocycles. The summed E-state index contributed by atoms with van der Waals surface area (Å²) in [7, 11) is 1.90. The third kappa shape index (κ3) is 3.36. The van der Waals surface area contributed by atoms with Crippen molar-refractivity contribution in [3.63, 3.8) is 0 Å². The number of aromatic nitrogens is 2. The van der Waals surface area contributed by atoms with Crippen LogP contribution in [0, 0.1) is 6.92 Å². The maximum absolute atomic E-state index is 11.9. The van der Waals surface area contributed by atoms with Crippen molar-refractivity contribution in [1.29, 1.82) is 0 Å². The molecule has 5 nitrogen and oxygen atoms in total. The van der Waals surface area contributed by atoms with Crippen molar-refractivity contribution in [2.75, 3.05) is 6.54 Å². The molecule has 0 radical (unpaired) electrons. The predicted octanol–water partition coefficient (Wildman–Crippen LogP) is 2.84. The molecule has 1 atom stereocenters. The first kappa shape index (κ1) is 17.4. The molecule has 2 heterocycles. The third-order valence-electron chi connectivity index (χ3n) is 4.46. The average Bonchev–Trinajstić information content (AvgIpc) is 3.16. The lowest BCUT2D eigenvalue weighted by molar-refractivity contribution is 0.100. The number of carbonyl (C=O) groups is 1. The van der Waals surface area contributed by atoms with Gasteiger partial charge in [-0.25, -0.2) is 0 Å². The number of hydrogen-bond acceptors (Lipinski definition) is 4. The average molecular weight is 354 g/mol. The Morgan fingerprint density at radius 1 is 1.28 bits per heavy atom. The van der Waals surface area contributed by atoms with Crippen molar-refractivity contribution < 1.29 is 4.79 Å². The van der Waals surface area contributed by atoms with E-state index in [2.05, 4.69) is 17.2 Å². The number of nitrogens with zero attached hydrogens (tertiary/aromatic N) is 2. The maximum Gasteiger partial charge on any atom is 0.259 e. The van der Waals surface area contributed by atoms with Gasteiger partial charge < -0.3 is 11.5 Å². The van der Waals surface area contributed by atoms with E-state index >= 15 is 0 Å². The van der Waals surface area contributed by atoms with E-state index in [0.717, 1.165) is 28.1 Å². The maximum atomic E-state index is 11.9. The number of rotatable bonds is 6. The Bertz CT molecular complexity index is 882. The van der Waals surface area contributed by atoms with Gasteiger partial charge in [0.1, 0.15) is 0 Å². The SMILES string of the molecule is Cc1c(C(N)=O)sc(C(CN)Cc2ccccc2)c1-c1ccnn1C. The summed E-state index contributed by atoms with van der Waals surface area (Å²) in [6, 6.07) is 12.2. The van der Waals surface area contributed by atoms with Crippen LogP contribution in [0.3, 0.4) is 0 Å². The first-order chi connectivity index (χ1) is 12.0. The van der Waals surface area contributed by atoms with Crippen LogP contribution in [-0.2, 0) is 13.5 Å². The van der Waals surface area contributed by atoms with E-state index in [1.54, 1.807) is 6.20 Å². The van der Waals surface area contributed by atoms with Crippen LogP contribution in [0.2, 0.25) is 0 Å². The van der Waals surface area contributed by atoms with Gasteiger partial charge in [-0.2, -0.15) is 5.10 Å². The fourth-order valence-corrected chi connectivity index (χ4v) is 4.46. The highest BCUT2D eigenvalue weighted by molar-refractivity contribution is 7.14. The Balaban J connectivity index is 2.11. The molecule has 0 aliphatic carbocycles. The Hall–Kier alpha value is -2.44. The lowest BCUT2D eigenvalue weighted by atomic mass is 9.93. The van der Waals surface area contributed by atoms with Gasteiger partial charge in [0, 0.05) is 36.1 Å². The van der Waals surface area contributed by atoms with Crippen molar-refractivity contribution in [3.8, 4) is 11.3 Å². The summed E-state index contributed by atoms with van der Waals surface area (Å²) in [5.74, 6) is -0.281. The van der Waals surface area contributed by atoms with Crippen molar-refractivity contribution in [2.45, 2.75) is 19.3 Å². The summed E-state index contributed by atoms with van der Waals surface area (Å²) in [6.07, 6.45) is 2.58. The molecule has 3 rings (SSSR count). The second kappa shape index (κ2) is 7.21. The molecule has 1 aromatic carbocycles. The van der Waals surface area contributed by atoms with Gasteiger partial charge in [-0.15, -0.1) is 11.3 Å². The zero-order chi connectivity index (χ0) is 18.0. The van der Waals surface area contributed by atoms with E-state index in [9.17, 15) is 4.79 Å². The predicted molar refractivity (Wildman–Crippen MR) is 102 cm³/mol.